The van der Waals surface area contributed by atoms with Gasteiger partial charge in [-0.15, -0.1) is 0 Å². The van der Waals surface area contributed by atoms with Gasteiger partial charge in [-0.2, -0.15) is 0 Å². The molecule has 0 bridgehead atoms. The number of nitrogens with zero attached hydrogens (tertiary/aromatic N) is 4. The number of aliphatic hydroxyl groups excluding tert-OH is 1. The highest BCUT2D eigenvalue weighted by atomic mass is 35.5. The molecule has 4 rings (SSSR count). The maximum Gasteiger partial charge on any atom is 0.332 e. The molecule has 0 radical (unpaired) electrons. The fourth-order valence-electron chi connectivity index (χ4n) is 3.88. The lowest BCUT2D eigenvalue weighted by molar-refractivity contribution is -0.140. The van der Waals surface area contributed by atoms with Crippen LogP contribution in [0.25, 0.3) is 0 Å². The number of aliphatic hydroxyl groups is 1. The Morgan fingerprint density at radius 1 is 1.10 bits per heavy atom. The highest BCUT2D eigenvalue weighted by Crippen LogP contribution is 2.47. The van der Waals surface area contributed by atoms with E-state index < -0.39 is 17.4 Å². The second-order valence-corrected chi connectivity index (χ2v) is 8.13. The first kappa shape index (κ1) is 21.3. The molecule has 0 spiro atoms. The van der Waals surface area contributed by atoms with Crippen molar-refractivity contribution < 1.29 is 19.8 Å². The van der Waals surface area contributed by atoms with Crippen LogP contribution in [0, 0.1) is 5.92 Å². The number of amides is 1. The lowest BCUT2D eigenvalue weighted by atomic mass is 10.1. The smallest absolute Gasteiger partial charge is 0.332 e. The number of aromatic nitrogens is 1. The van der Waals surface area contributed by atoms with E-state index in [0.29, 0.717) is 54.7 Å². The van der Waals surface area contributed by atoms with Crippen molar-refractivity contribution in [1.29, 1.82) is 0 Å². The maximum atomic E-state index is 12.9. The predicted molar refractivity (Wildman–Crippen MR) is 115 cm³/mol. The standard InChI is InChI=1S/C22H23ClN4O4/c23-17-6-2-1-5-16(17)20(29)27-11-9-26(10-12-27)19(18-7-3-4-8-24-18)25-22(21(30)31)13-15(22)14-28/h1-8,15,28H,9-14H2,(H,30,31). The highest BCUT2D eigenvalue weighted by molar-refractivity contribution is 6.33. The summed E-state index contributed by atoms with van der Waals surface area (Å²) in [6.45, 7) is 1.61. The summed E-state index contributed by atoms with van der Waals surface area (Å²) in [7, 11) is 0. The van der Waals surface area contributed by atoms with Crippen molar-refractivity contribution in [1.82, 2.24) is 14.8 Å². The molecule has 1 aliphatic heterocycles. The van der Waals surface area contributed by atoms with E-state index in [1.165, 1.54) is 0 Å². The minimum atomic E-state index is -1.33. The number of carbonyl (C=O) groups excluding carboxylic acids is 1. The van der Waals surface area contributed by atoms with Crippen molar-refractivity contribution in [3.8, 4) is 0 Å². The zero-order valence-corrected chi connectivity index (χ0v) is 17.6. The van der Waals surface area contributed by atoms with Crippen molar-refractivity contribution in [3.05, 3.63) is 64.9 Å². The van der Waals surface area contributed by atoms with Crippen molar-refractivity contribution >= 4 is 29.3 Å². The number of pyridine rings is 1. The van der Waals surface area contributed by atoms with E-state index in [1.54, 1.807) is 47.5 Å². The van der Waals surface area contributed by atoms with Crippen LogP contribution >= 0.6 is 11.6 Å². The van der Waals surface area contributed by atoms with Gasteiger partial charge in [0.25, 0.3) is 5.91 Å². The molecule has 1 saturated heterocycles. The molecule has 162 valence electrons. The Morgan fingerprint density at radius 3 is 2.35 bits per heavy atom. The molecule has 2 N–H and O–H groups in total. The second kappa shape index (κ2) is 8.64. The molecular formula is C22H23ClN4O4. The molecule has 2 heterocycles. The first-order chi connectivity index (χ1) is 15.0. The van der Waals surface area contributed by atoms with Crippen LogP contribution in [0.2, 0.25) is 5.02 Å². The molecule has 2 atom stereocenters. The van der Waals surface area contributed by atoms with Gasteiger partial charge in [-0.1, -0.05) is 29.8 Å². The summed E-state index contributed by atoms with van der Waals surface area (Å²) in [6.07, 6.45) is 1.92. The minimum absolute atomic E-state index is 0.133. The fourth-order valence-corrected chi connectivity index (χ4v) is 4.10. The topological polar surface area (TPSA) is 106 Å². The molecule has 8 nitrogen and oxygen atoms in total. The Balaban J connectivity index is 1.56. The third-order valence-corrected chi connectivity index (χ3v) is 6.16. The van der Waals surface area contributed by atoms with Crippen LogP contribution in [0.3, 0.4) is 0 Å². The van der Waals surface area contributed by atoms with Crippen molar-refractivity contribution in [2.24, 2.45) is 10.9 Å². The van der Waals surface area contributed by atoms with E-state index in [1.807, 2.05) is 11.0 Å². The van der Waals surface area contributed by atoms with Gasteiger partial charge >= 0.3 is 5.97 Å². The molecule has 1 aromatic carbocycles. The summed E-state index contributed by atoms with van der Waals surface area (Å²) in [5.74, 6) is -1.12. The SMILES string of the molecule is O=C(c1ccccc1Cl)N1CCN(C(=NC2(C(=O)O)CC2CO)c2ccccn2)CC1. The van der Waals surface area contributed by atoms with Gasteiger partial charge in [-0.05, 0) is 30.7 Å². The van der Waals surface area contributed by atoms with Crippen molar-refractivity contribution in [2.45, 2.75) is 12.0 Å². The summed E-state index contributed by atoms with van der Waals surface area (Å²) < 4.78 is 0. The lowest BCUT2D eigenvalue weighted by Crippen LogP contribution is -2.51. The largest absolute Gasteiger partial charge is 0.479 e. The number of aliphatic imine (C=N–C) groups is 1. The predicted octanol–water partition coefficient (Wildman–Crippen LogP) is 1.78. The number of hydrogen-bond acceptors (Lipinski definition) is 5. The lowest BCUT2D eigenvalue weighted by Gasteiger charge is -2.37. The number of carboxylic acid groups (broad SMARTS) is 1. The number of hydrogen-bond donors (Lipinski definition) is 2. The average molecular weight is 443 g/mol. The summed E-state index contributed by atoms with van der Waals surface area (Å²) in [6, 6.07) is 12.3. The number of carboxylic acids is 1. The van der Waals surface area contributed by atoms with Gasteiger partial charge in [0.2, 0.25) is 0 Å². The van der Waals surface area contributed by atoms with Crippen LogP contribution in [0.1, 0.15) is 22.5 Å². The third-order valence-electron chi connectivity index (χ3n) is 5.83. The van der Waals surface area contributed by atoms with E-state index in [9.17, 15) is 19.8 Å². The molecule has 2 aromatic rings. The third kappa shape index (κ3) is 4.13. The first-order valence-electron chi connectivity index (χ1n) is 10.1. The average Bonchev–Trinajstić information content (AvgIpc) is 3.53. The maximum absolute atomic E-state index is 12.9. The molecule has 9 heteroatoms. The van der Waals surface area contributed by atoms with Gasteiger partial charge in [0.15, 0.2) is 11.4 Å². The second-order valence-electron chi connectivity index (χ2n) is 7.72. The Kier molecular flexibility index (Phi) is 5.93. The zero-order valence-electron chi connectivity index (χ0n) is 16.8. The van der Waals surface area contributed by atoms with Crippen LogP contribution < -0.4 is 0 Å². The van der Waals surface area contributed by atoms with E-state index in [0.717, 1.165) is 0 Å². The van der Waals surface area contributed by atoms with Crippen LogP contribution in [0.5, 0.6) is 0 Å². The van der Waals surface area contributed by atoms with E-state index in [2.05, 4.69) is 9.98 Å². The van der Waals surface area contributed by atoms with Crippen LogP contribution in [-0.4, -0.2) is 81.0 Å². The van der Waals surface area contributed by atoms with Crippen LogP contribution in [0.15, 0.2) is 53.7 Å². The number of carbonyl (C=O) groups is 2. The Morgan fingerprint density at radius 2 is 1.77 bits per heavy atom. The van der Waals surface area contributed by atoms with Crippen LogP contribution in [-0.2, 0) is 4.79 Å². The molecule has 31 heavy (non-hydrogen) atoms. The Labute approximate surface area is 184 Å². The van der Waals surface area contributed by atoms with Gasteiger partial charge < -0.3 is 20.0 Å². The number of benzene rings is 1. The summed E-state index contributed by atoms with van der Waals surface area (Å²) in [5.41, 5.74) is -0.297. The minimum Gasteiger partial charge on any atom is -0.479 e. The van der Waals surface area contributed by atoms with Gasteiger partial charge in [-0.3, -0.25) is 9.78 Å². The number of halogens is 1. The monoisotopic (exact) mass is 442 g/mol. The molecular weight excluding hydrogens is 420 g/mol. The van der Waals surface area contributed by atoms with Gasteiger partial charge in [0, 0.05) is 44.9 Å². The molecule has 2 fully saturated rings. The van der Waals surface area contributed by atoms with Gasteiger partial charge in [0.05, 0.1) is 10.6 Å². The van der Waals surface area contributed by atoms with E-state index in [4.69, 9.17) is 11.6 Å². The molecule has 2 unspecified atom stereocenters. The molecule has 1 amide bonds. The normalized spacial score (nSPS) is 23.5. The Bertz CT molecular complexity index is 1010. The summed E-state index contributed by atoms with van der Waals surface area (Å²) in [5, 5.41) is 19.7. The number of rotatable bonds is 5. The van der Waals surface area contributed by atoms with E-state index in [-0.39, 0.29) is 12.5 Å². The number of amidine groups is 1. The summed E-state index contributed by atoms with van der Waals surface area (Å²) in [4.78, 5) is 37.4. The van der Waals surface area contributed by atoms with Gasteiger partial charge in [0.1, 0.15) is 5.69 Å². The Hall–Kier alpha value is -2.97. The first-order valence-corrected chi connectivity index (χ1v) is 10.5. The molecule has 1 saturated carbocycles. The van der Waals surface area contributed by atoms with Crippen LogP contribution in [0.4, 0.5) is 0 Å². The van der Waals surface area contributed by atoms with Gasteiger partial charge in [-0.25, -0.2) is 9.79 Å². The molecule has 2 aliphatic rings. The van der Waals surface area contributed by atoms with Crippen molar-refractivity contribution in [2.75, 3.05) is 32.8 Å². The number of aliphatic carboxylic acids is 1. The van der Waals surface area contributed by atoms with Crippen molar-refractivity contribution in [3.63, 3.8) is 0 Å². The zero-order chi connectivity index (χ0) is 22.0. The molecule has 1 aromatic heterocycles. The van der Waals surface area contributed by atoms with E-state index >= 15 is 0 Å². The molecule has 1 aliphatic carbocycles. The highest BCUT2D eigenvalue weighted by Gasteiger charge is 2.61. The quantitative estimate of drug-likeness (QED) is 0.540. The fraction of sp³-hybridized carbons (Fsp3) is 0.364. The summed E-state index contributed by atoms with van der Waals surface area (Å²) >= 11 is 6.17. The number of piperazine rings is 1.